The molecule has 4 nitrogen and oxygen atoms in total. The number of likely N-dealkylation sites (tertiary alicyclic amines) is 1. The summed E-state index contributed by atoms with van der Waals surface area (Å²) in [6.45, 7) is 6.64. The highest BCUT2D eigenvalue weighted by Crippen LogP contribution is 2.41. The second kappa shape index (κ2) is 3.76. The molecule has 0 radical (unpaired) electrons. The molecule has 0 aliphatic carbocycles. The van der Waals surface area contributed by atoms with E-state index in [2.05, 4.69) is 0 Å². The Morgan fingerprint density at radius 1 is 1.67 bits per heavy atom. The van der Waals surface area contributed by atoms with Gasteiger partial charge in [0.15, 0.2) is 0 Å². The highest BCUT2D eigenvalue weighted by atomic mass is 16.5. The van der Waals surface area contributed by atoms with Gasteiger partial charge in [-0.15, -0.1) is 0 Å². The van der Waals surface area contributed by atoms with Crippen LogP contribution in [0, 0.1) is 17.3 Å². The molecule has 2 atom stereocenters. The molecule has 2 aliphatic rings. The van der Waals surface area contributed by atoms with Gasteiger partial charge in [-0.25, -0.2) is 0 Å². The smallest absolute Gasteiger partial charge is 0.225 e. The van der Waals surface area contributed by atoms with E-state index < -0.39 is 0 Å². The maximum absolute atomic E-state index is 11.8. The summed E-state index contributed by atoms with van der Waals surface area (Å²) in [6.07, 6.45) is 0. The molecule has 1 N–H and O–H groups in total. The lowest BCUT2D eigenvalue weighted by Crippen LogP contribution is -2.37. The zero-order valence-electron chi connectivity index (χ0n) is 9.40. The van der Waals surface area contributed by atoms with E-state index in [0.29, 0.717) is 25.7 Å². The van der Waals surface area contributed by atoms with Crippen molar-refractivity contribution in [2.75, 3.05) is 32.9 Å². The summed E-state index contributed by atoms with van der Waals surface area (Å²) >= 11 is 0. The van der Waals surface area contributed by atoms with Crippen LogP contribution in [0.25, 0.3) is 0 Å². The third-order valence-electron chi connectivity index (χ3n) is 3.64. The van der Waals surface area contributed by atoms with E-state index >= 15 is 0 Å². The Kier molecular flexibility index (Phi) is 2.73. The molecule has 2 unspecified atom stereocenters. The third-order valence-corrected chi connectivity index (χ3v) is 3.64. The first-order valence-electron chi connectivity index (χ1n) is 5.56. The van der Waals surface area contributed by atoms with Crippen LogP contribution in [0.1, 0.15) is 13.8 Å². The van der Waals surface area contributed by atoms with Gasteiger partial charge in [0.1, 0.15) is 0 Å². The van der Waals surface area contributed by atoms with E-state index in [-0.39, 0.29) is 23.8 Å². The van der Waals surface area contributed by atoms with Gasteiger partial charge in [-0.3, -0.25) is 4.79 Å². The molecule has 0 aromatic rings. The van der Waals surface area contributed by atoms with E-state index in [9.17, 15) is 9.90 Å². The highest BCUT2D eigenvalue weighted by Gasteiger charge is 2.51. The summed E-state index contributed by atoms with van der Waals surface area (Å²) in [6, 6.07) is 0. The summed E-state index contributed by atoms with van der Waals surface area (Å²) in [4.78, 5) is 13.7. The van der Waals surface area contributed by atoms with Gasteiger partial charge in [-0.05, 0) is 0 Å². The number of amides is 1. The van der Waals surface area contributed by atoms with E-state index in [1.807, 2.05) is 18.7 Å². The Morgan fingerprint density at radius 3 is 2.93 bits per heavy atom. The molecular weight excluding hydrogens is 194 g/mol. The van der Waals surface area contributed by atoms with Crippen LogP contribution in [0.15, 0.2) is 0 Å². The van der Waals surface area contributed by atoms with Crippen molar-refractivity contribution in [3.05, 3.63) is 0 Å². The number of rotatable bonds is 2. The molecule has 86 valence electrons. The molecule has 0 saturated carbocycles. The number of carbonyl (C=O) groups excluding carboxylic acids is 1. The van der Waals surface area contributed by atoms with Crippen molar-refractivity contribution in [2.45, 2.75) is 13.8 Å². The monoisotopic (exact) mass is 213 g/mol. The van der Waals surface area contributed by atoms with Crippen LogP contribution in [-0.4, -0.2) is 48.8 Å². The molecule has 4 heteroatoms. The number of carbonyl (C=O) groups is 1. The number of aliphatic hydroxyl groups excluding tert-OH is 1. The quantitative estimate of drug-likeness (QED) is 0.708. The molecule has 2 saturated heterocycles. The first-order chi connectivity index (χ1) is 7.09. The molecule has 0 spiro atoms. The number of nitrogens with zero attached hydrogens (tertiary/aromatic N) is 1. The standard InChI is InChI=1S/C11H19NO3/c1-8(2)10(14)12-3-9-4-15-7-11(9,5-12)6-13/h8-9,13H,3-7H2,1-2H3. The first kappa shape index (κ1) is 10.9. The topological polar surface area (TPSA) is 49.8 Å². The Bertz CT molecular complexity index is 267. The molecule has 2 rings (SSSR count). The number of ether oxygens (including phenoxy) is 1. The van der Waals surface area contributed by atoms with E-state index in [1.54, 1.807) is 0 Å². The molecule has 1 amide bonds. The van der Waals surface area contributed by atoms with Crippen molar-refractivity contribution in [1.29, 1.82) is 0 Å². The minimum absolute atomic E-state index is 0.0421. The van der Waals surface area contributed by atoms with Gasteiger partial charge >= 0.3 is 0 Å². The van der Waals surface area contributed by atoms with Crippen molar-refractivity contribution < 1.29 is 14.6 Å². The molecule has 0 aromatic carbocycles. The number of hydrogen-bond donors (Lipinski definition) is 1. The number of fused-ring (bicyclic) bond motifs is 1. The highest BCUT2D eigenvalue weighted by molar-refractivity contribution is 5.78. The molecular formula is C11H19NO3. The minimum Gasteiger partial charge on any atom is -0.396 e. The van der Waals surface area contributed by atoms with Crippen LogP contribution in [0.2, 0.25) is 0 Å². The summed E-state index contributed by atoms with van der Waals surface area (Å²) < 4.78 is 5.40. The van der Waals surface area contributed by atoms with Gasteiger partial charge in [0.2, 0.25) is 5.91 Å². The largest absolute Gasteiger partial charge is 0.396 e. The van der Waals surface area contributed by atoms with E-state index in [0.717, 1.165) is 6.54 Å². The summed E-state index contributed by atoms with van der Waals surface area (Å²) in [5.74, 6) is 0.558. The van der Waals surface area contributed by atoms with Crippen LogP contribution < -0.4 is 0 Å². The summed E-state index contributed by atoms with van der Waals surface area (Å²) in [7, 11) is 0. The zero-order valence-corrected chi connectivity index (χ0v) is 9.40. The van der Waals surface area contributed by atoms with Gasteiger partial charge < -0.3 is 14.7 Å². The molecule has 15 heavy (non-hydrogen) atoms. The van der Waals surface area contributed by atoms with Crippen LogP contribution in [0.5, 0.6) is 0 Å². The van der Waals surface area contributed by atoms with Gasteiger partial charge in [0, 0.05) is 30.3 Å². The predicted molar refractivity (Wildman–Crippen MR) is 55.2 cm³/mol. The number of aliphatic hydroxyl groups is 1. The average Bonchev–Trinajstić information content (AvgIpc) is 2.72. The fourth-order valence-electron chi connectivity index (χ4n) is 2.59. The molecule has 0 aromatic heterocycles. The maximum Gasteiger partial charge on any atom is 0.225 e. The zero-order chi connectivity index (χ0) is 11.1. The SMILES string of the molecule is CC(C)C(=O)N1CC2COCC2(CO)C1. The van der Waals surface area contributed by atoms with Crippen molar-refractivity contribution in [2.24, 2.45) is 17.3 Å². The Morgan fingerprint density at radius 2 is 2.40 bits per heavy atom. The molecule has 2 fully saturated rings. The fourth-order valence-corrected chi connectivity index (χ4v) is 2.59. The van der Waals surface area contributed by atoms with Gasteiger partial charge in [-0.1, -0.05) is 13.8 Å². The summed E-state index contributed by atoms with van der Waals surface area (Å²) in [5.41, 5.74) is -0.176. The molecule has 0 bridgehead atoms. The normalized spacial score (nSPS) is 34.9. The van der Waals surface area contributed by atoms with Crippen LogP contribution in [0.3, 0.4) is 0 Å². The molecule has 2 aliphatic heterocycles. The third kappa shape index (κ3) is 1.66. The number of hydrogen-bond acceptors (Lipinski definition) is 3. The van der Waals surface area contributed by atoms with E-state index in [1.165, 1.54) is 0 Å². The van der Waals surface area contributed by atoms with Gasteiger partial charge in [0.05, 0.1) is 19.8 Å². The van der Waals surface area contributed by atoms with Gasteiger partial charge in [-0.2, -0.15) is 0 Å². The minimum atomic E-state index is -0.176. The Balaban J connectivity index is 2.08. The second-order valence-corrected chi connectivity index (χ2v) is 5.11. The van der Waals surface area contributed by atoms with Crippen LogP contribution in [0.4, 0.5) is 0 Å². The lowest BCUT2D eigenvalue weighted by molar-refractivity contribution is -0.134. The van der Waals surface area contributed by atoms with Crippen molar-refractivity contribution in [3.8, 4) is 0 Å². The van der Waals surface area contributed by atoms with Crippen molar-refractivity contribution in [1.82, 2.24) is 4.90 Å². The average molecular weight is 213 g/mol. The lowest BCUT2D eigenvalue weighted by Gasteiger charge is -2.24. The molecule has 2 heterocycles. The fraction of sp³-hybridized carbons (Fsp3) is 0.909. The van der Waals surface area contributed by atoms with Crippen molar-refractivity contribution >= 4 is 5.91 Å². The van der Waals surface area contributed by atoms with Gasteiger partial charge in [0.25, 0.3) is 0 Å². The lowest BCUT2D eigenvalue weighted by atomic mass is 9.82. The predicted octanol–water partition coefficient (Wildman–Crippen LogP) is 0.110. The first-order valence-corrected chi connectivity index (χ1v) is 5.56. The van der Waals surface area contributed by atoms with Crippen LogP contribution >= 0.6 is 0 Å². The second-order valence-electron chi connectivity index (χ2n) is 5.11. The summed E-state index contributed by atoms with van der Waals surface area (Å²) in [5, 5.41) is 9.45. The Hall–Kier alpha value is -0.610. The Labute approximate surface area is 90.2 Å². The van der Waals surface area contributed by atoms with Crippen LogP contribution in [-0.2, 0) is 9.53 Å². The van der Waals surface area contributed by atoms with Crippen molar-refractivity contribution in [3.63, 3.8) is 0 Å². The van der Waals surface area contributed by atoms with E-state index in [4.69, 9.17) is 4.74 Å². The maximum atomic E-state index is 11.8.